The van der Waals surface area contributed by atoms with E-state index in [4.69, 9.17) is 4.74 Å². The van der Waals surface area contributed by atoms with Crippen LogP contribution in [0.3, 0.4) is 0 Å². The van der Waals surface area contributed by atoms with Gasteiger partial charge in [-0.2, -0.15) is 0 Å². The van der Waals surface area contributed by atoms with Gasteiger partial charge in [0.1, 0.15) is 28.3 Å². The van der Waals surface area contributed by atoms with Crippen molar-refractivity contribution < 1.29 is 22.3 Å². The third kappa shape index (κ3) is 4.57. The second-order valence-electron chi connectivity index (χ2n) is 11.0. The zero-order chi connectivity index (χ0) is 26.0. The van der Waals surface area contributed by atoms with Gasteiger partial charge in [0.15, 0.2) is 0 Å². The molecule has 0 radical (unpaired) electrons. The molecular formula is C25H30FN5O4S. The van der Waals surface area contributed by atoms with Crippen LogP contribution < -0.4 is 4.72 Å². The second kappa shape index (κ2) is 8.24. The van der Waals surface area contributed by atoms with Gasteiger partial charge in [-0.05, 0) is 71.6 Å². The molecule has 1 aromatic carbocycles. The lowest BCUT2D eigenvalue weighted by molar-refractivity contribution is 0.0198. The van der Waals surface area contributed by atoms with Crippen molar-refractivity contribution in [3.05, 3.63) is 36.0 Å². The number of ether oxygens (including phenoxy) is 1. The van der Waals surface area contributed by atoms with E-state index in [1.165, 1.54) is 18.5 Å². The van der Waals surface area contributed by atoms with Crippen molar-refractivity contribution in [2.75, 3.05) is 6.54 Å². The van der Waals surface area contributed by atoms with Crippen LogP contribution in [0.25, 0.3) is 27.5 Å². The molecule has 0 unspecified atom stereocenters. The lowest BCUT2D eigenvalue weighted by Gasteiger charge is -2.34. The number of hydrogen-bond donors (Lipinski definition) is 2. The van der Waals surface area contributed by atoms with Crippen LogP contribution in [0.2, 0.25) is 0 Å². The molecule has 5 rings (SSSR count). The van der Waals surface area contributed by atoms with Gasteiger partial charge in [0.05, 0.1) is 11.1 Å². The fraction of sp³-hybridized carbons (Fsp3) is 0.480. The first-order valence-corrected chi connectivity index (χ1v) is 13.4. The summed E-state index contributed by atoms with van der Waals surface area (Å²) < 4.78 is 49.0. The first-order valence-electron chi connectivity index (χ1n) is 12.0. The van der Waals surface area contributed by atoms with Crippen LogP contribution in [0.1, 0.15) is 59.6 Å². The zero-order valence-electron chi connectivity index (χ0n) is 21.0. The first-order chi connectivity index (χ1) is 16.8. The number of nitrogens with one attached hydrogen (secondary N) is 2. The lowest BCUT2D eigenvalue weighted by atomic mass is 9.96. The number of benzene rings is 1. The van der Waals surface area contributed by atoms with Gasteiger partial charge >= 0.3 is 6.09 Å². The number of carbonyl (C=O) groups excluding carboxylic acids is 1. The van der Waals surface area contributed by atoms with Crippen molar-refractivity contribution in [2.24, 2.45) is 0 Å². The quantitative estimate of drug-likeness (QED) is 0.529. The monoisotopic (exact) mass is 515 g/mol. The molecule has 2 aromatic heterocycles. The third-order valence-corrected chi connectivity index (χ3v) is 8.28. The highest BCUT2D eigenvalue weighted by Gasteiger charge is 2.42. The predicted octanol–water partition coefficient (Wildman–Crippen LogP) is 4.49. The van der Waals surface area contributed by atoms with E-state index in [9.17, 15) is 13.2 Å². The minimum Gasteiger partial charge on any atom is -0.444 e. The zero-order valence-corrected chi connectivity index (χ0v) is 21.8. The molecular weight excluding hydrogens is 485 g/mol. The molecule has 2 aliphatic rings. The van der Waals surface area contributed by atoms with E-state index in [0.29, 0.717) is 40.6 Å². The SMILES string of the molecule is C[C@H]1CC(c2ncnc3[nH]c4cc(S(=O)(=O)NC5(C)CC5)c(F)cc4c23)=CCN1C(=O)OC(C)(C)C. The maximum Gasteiger partial charge on any atom is 0.410 e. The normalized spacial score (nSPS) is 20.0. The summed E-state index contributed by atoms with van der Waals surface area (Å²) in [5, 5.41) is 1.11. The summed E-state index contributed by atoms with van der Waals surface area (Å²) in [5.74, 6) is -0.836. The Bertz CT molecular complexity index is 1520. The molecule has 1 aliphatic carbocycles. The summed E-state index contributed by atoms with van der Waals surface area (Å²) in [6.07, 6.45) is 4.92. The van der Waals surface area contributed by atoms with Crippen LogP contribution in [0, 0.1) is 5.82 Å². The van der Waals surface area contributed by atoms with Gasteiger partial charge in [0.25, 0.3) is 0 Å². The van der Waals surface area contributed by atoms with Gasteiger partial charge in [0, 0.05) is 29.0 Å². The van der Waals surface area contributed by atoms with Crippen LogP contribution in [0.5, 0.6) is 0 Å². The Morgan fingerprint density at radius 2 is 2.00 bits per heavy atom. The van der Waals surface area contributed by atoms with E-state index in [1.54, 1.807) is 11.8 Å². The fourth-order valence-electron chi connectivity index (χ4n) is 4.51. The van der Waals surface area contributed by atoms with Crippen LogP contribution in [-0.4, -0.2) is 58.1 Å². The Labute approximate surface area is 209 Å². The molecule has 1 amide bonds. The molecule has 36 heavy (non-hydrogen) atoms. The fourth-order valence-corrected chi connectivity index (χ4v) is 6.07. The highest BCUT2D eigenvalue weighted by atomic mass is 32.2. The van der Waals surface area contributed by atoms with Gasteiger partial charge in [-0.25, -0.2) is 32.3 Å². The van der Waals surface area contributed by atoms with E-state index in [0.717, 1.165) is 18.4 Å². The first kappa shape index (κ1) is 24.6. The van der Waals surface area contributed by atoms with Crippen LogP contribution in [0.4, 0.5) is 9.18 Å². The summed E-state index contributed by atoms with van der Waals surface area (Å²) >= 11 is 0. The van der Waals surface area contributed by atoms with Crippen molar-refractivity contribution in [1.82, 2.24) is 24.6 Å². The summed E-state index contributed by atoms with van der Waals surface area (Å²) in [6.45, 7) is 9.57. The minimum atomic E-state index is -4.02. The number of carbonyl (C=O) groups is 1. The largest absolute Gasteiger partial charge is 0.444 e. The average Bonchev–Trinajstić information content (AvgIpc) is 3.36. The number of sulfonamides is 1. The molecule has 0 bridgehead atoms. The van der Waals surface area contributed by atoms with Crippen molar-refractivity contribution in [3.8, 4) is 0 Å². The molecule has 192 valence electrons. The Morgan fingerprint density at radius 1 is 1.28 bits per heavy atom. The standard InChI is InChI=1S/C25H30FN5O4S/c1-14-10-15(6-9-31(14)23(32)35-24(2,3)4)21-20-16-11-17(26)19(36(33,34)30-25(5)7-8-25)12-18(16)29-22(20)28-13-27-21/h6,11-14,30H,7-10H2,1-5H3,(H,27,28,29)/t14-/m0/s1. The van der Waals surface area contributed by atoms with Crippen LogP contribution in [0.15, 0.2) is 29.4 Å². The summed E-state index contributed by atoms with van der Waals surface area (Å²) in [4.78, 5) is 25.8. The smallest absolute Gasteiger partial charge is 0.410 e. The van der Waals surface area contributed by atoms with Gasteiger partial charge in [0.2, 0.25) is 10.0 Å². The van der Waals surface area contributed by atoms with E-state index in [-0.39, 0.29) is 12.1 Å². The molecule has 0 saturated heterocycles. The topological polar surface area (TPSA) is 117 Å². The number of amides is 1. The molecule has 3 heterocycles. The number of rotatable bonds is 4. The van der Waals surface area contributed by atoms with Crippen molar-refractivity contribution in [1.29, 1.82) is 0 Å². The predicted molar refractivity (Wildman–Crippen MR) is 134 cm³/mol. The van der Waals surface area contributed by atoms with E-state index in [2.05, 4.69) is 19.7 Å². The molecule has 0 spiro atoms. The molecule has 9 nitrogen and oxygen atoms in total. The number of nitrogens with zero attached hydrogens (tertiary/aromatic N) is 3. The summed E-state index contributed by atoms with van der Waals surface area (Å²) in [5.41, 5.74) is 1.35. The number of halogens is 1. The van der Waals surface area contributed by atoms with Gasteiger partial charge in [-0.3, -0.25) is 0 Å². The van der Waals surface area contributed by atoms with E-state index >= 15 is 4.39 Å². The molecule has 3 aromatic rings. The summed E-state index contributed by atoms with van der Waals surface area (Å²) in [7, 11) is -4.02. The highest BCUT2D eigenvalue weighted by molar-refractivity contribution is 7.89. The van der Waals surface area contributed by atoms with Gasteiger partial charge in [-0.1, -0.05) is 6.08 Å². The molecule has 1 atom stereocenters. The average molecular weight is 516 g/mol. The Balaban J connectivity index is 1.53. The maximum absolute atomic E-state index is 15.2. The lowest BCUT2D eigenvalue weighted by Crippen LogP contribution is -2.44. The number of fused-ring (bicyclic) bond motifs is 3. The van der Waals surface area contributed by atoms with Crippen molar-refractivity contribution in [2.45, 2.75) is 76.0 Å². The second-order valence-corrected chi connectivity index (χ2v) is 12.6. The van der Waals surface area contributed by atoms with Gasteiger partial charge < -0.3 is 14.6 Å². The van der Waals surface area contributed by atoms with Crippen LogP contribution in [-0.2, 0) is 14.8 Å². The number of aromatic nitrogens is 3. The number of aromatic amines is 1. The number of hydrogen-bond acceptors (Lipinski definition) is 6. The summed E-state index contributed by atoms with van der Waals surface area (Å²) in [6, 6.07) is 2.40. The Kier molecular flexibility index (Phi) is 5.64. The third-order valence-electron chi connectivity index (χ3n) is 6.63. The van der Waals surface area contributed by atoms with Crippen molar-refractivity contribution >= 4 is 43.6 Å². The van der Waals surface area contributed by atoms with E-state index in [1.807, 2.05) is 33.8 Å². The minimum absolute atomic E-state index is 0.140. The Hall–Kier alpha value is -3.05. The molecule has 1 aliphatic heterocycles. The number of H-pyrrole nitrogens is 1. The molecule has 1 saturated carbocycles. The molecule has 11 heteroatoms. The maximum atomic E-state index is 15.2. The molecule has 2 N–H and O–H groups in total. The highest BCUT2D eigenvalue weighted by Crippen LogP contribution is 2.38. The van der Waals surface area contributed by atoms with E-state index < -0.39 is 31.9 Å². The van der Waals surface area contributed by atoms with Crippen molar-refractivity contribution in [3.63, 3.8) is 0 Å². The van der Waals surface area contributed by atoms with Crippen LogP contribution >= 0.6 is 0 Å². The Morgan fingerprint density at radius 3 is 2.64 bits per heavy atom. The van der Waals surface area contributed by atoms with Gasteiger partial charge in [-0.15, -0.1) is 0 Å². The molecule has 1 fully saturated rings.